The van der Waals surface area contributed by atoms with E-state index < -0.39 is 0 Å². The molecule has 1 rings (SSSR count). The van der Waals surface area contributed by atoms with Crippen LogP contribution < -0.4 is 4.74 Å². The molecule has 0 radical (unpaired) electrons. The Bertz CT molecular complexity index is 331. The summed E-state index contributed by atoms with van der Waals surface area (Å²) in [4.78, 5) is 0. The SMILES string of the molecule is COc1ccc(C(C)(C)CCCl)cc1C. The molecule has 1 nitrogen and oxygen atoms in total. The molecule has 0 aliphatic carbocycles. The highest BCUT2D eigenvalue weighted by molar-refractivity contribution is 6.17. The van der Waals surface area contributed by atoms with Crippen molar-refractivity contribution in [3.05, 3.63) is 29.3 Å². The van der Waals surface area contributed by atoms with Crippen LogP contribution in [0.4, 0.5) is 0 Å². The first-order valence-corrected chi connectivity index (χ1v) is 5.76. The fourth-order valence-electron chi connectivity index (χ4n) is 1.68. The zero-order chi connectivity index (χ0) is 11.5. The Balaban J connectivity index is 3.01. The first kappa shape index (κ1) is 12.4. The van der Waals surface area contributed by atoms with Crippen LogP contribution in [-0.2, 0) is 5.41 Å². The lowest BCUT2D eigenvalue weighted by molar-refractivity contribution is 0.410. The number of alkyl halides is 1. The van der Waals surface area contributed by atoms with E-state index in [2.05, 4.69) is 32.9 Å². The van der Waals surface area contributed by atoms with E-state index in [1.165, 1.54) is 11.1 Å². The average molecular weight is 227 g/mol. The van der Waals surface area contributed by atoms with Crippen molar-refractivity contribution >= 4 is 11.6 Å². The maximum atomic E-state index is 5.81. The molecule has 0 saturated carbocycles. The monoisotopic (exact) mass is 226 g/mol. The van der Waals surface area contributed by atoms with Crippen LogP contribution in [0.3, 0.4) is 0 Å². The average Bonchev–Trinajstić information content (AvgIpc) is 2.17. The molecule has 0 heterocycles. The number of halogens is 1. The third-order valence-electron chi connectivity index (χ3n) is 2.90. The van der Waals surface area contributed by atoms with Crippen LogP contribution in [0.2, 0.25) is 0 Å². The summed E-state index contributed by atoms with van der Waals surface area (Å²) in [5.74, 6) is 1.64. The normalized spacial score (nSPS) is 11.5. The van der Waals surface area contributed by atoms with Gasteiger partial charge in [-0.05, 0) is 36.0 Å². The molecule has 2 heteroatoms. The summed E-state index contributed by atoms with van der Waals surface area (Å²) >= 11 is 5.81. The van der Waals surface area contributed by atoms with Gasteiger partial charge in [0.25, 0.3) is 0 Å². The molecular formula is C13H19ClO. The van der Waals surface area contributed by atoms with E-state index in [1.807, 2.05) is 6.07 Å². The van der Waals surface area contributed by atoms with Crippen LogP contribution in [0.1, 0.15) is 31.4 Å². The van der Waals surface area contributed by atoms with Crippen molar-refractivity contribution in [3.8, 4) is 5.75 Å². The number of hydrogen-bond donors (Lipinski definition) is 0. The molecule has 0 aliphatic rings. The number of benzene rings is 1. The minimum absolute atomic E-state index is 0.138. The number of rotatable bonds is 4. The van der Waals surface area contributed by atoms with Gasteiger partial charge >= 0.3 is 0 Å². The van der Waals surface area contributed by atoms with Gasteiger partial charge < -0.3 is 4.74 Å². The molecule has 0 fully saturated rings. The van der Waals surface area contributed by atoms with Gasteiger partial charge in [-0.15, -0.1) is 11.6 Å². The molecular weight excluding hydrogens is 208 g/mol. The molecule has 1 aromatic rings. The zero-order valence-electron chi connectivity index (χ0n) is 9.93. The van der Waals surface area contributed by atoms with Crippen molar-refractivity contribution in [2.24, 2.45) is 0 Å². The van der Waals surface area contributed by atoms with E-state index in [-0.39, 0.29) is 5.41 Å². The van der Waals surface area contributed by atoms with Crippen molar-refractivity contribution in [1.82, 2.24) is 0 Å². The van der Waals surface area contributed by atoms with Crippen molar-refractivity contribution < 1.29 is 4.74 Å². The van der Waals surface area contributed by atoms with Gasteiger partial charge in [-0.3, -0.25) is 0 Å². The van der Waals surface area contributed by atoms with Gasteiger partial charge in [-0.1, -0.05) is 26.0 Å². The van der Waals surface area contributed by atoms with Crippen LogP contribution in [-0.4, -0.2) is 13.0 Å². The lowest BCUT2D eigenvalue weighted by Gasteiger charge is -2.25. The summed E-state index contributed by atoms with van der Waals surface area (Å²) in [7, 11) is 1.70. The highest BCUT2D eigenvalue weighted by Crippen LogP contribution is 2.30. The number of hydrogen-bond acceptors (Lipinski definition) is 1. The summed E-state index contributed by atoms with van der Waals surface area (Å²) in [5, 5.41) is 0. The van der Waals surface area contributed by atoms with E-state index in [0.717, 1.165) is 12.2 Å². The second-order valence-corrected chi connectivity index (χ2v) is 4.89. The lowest BCUT2D eigenvalue weighted by atomic mass is 9.81. The summed E-state index contributed by atoms with van der Waals surface area (Å²) < 4.78 is 5.25. The molecule has 84 valence electrons. The Labute approximate surface area is 97.4 Å². The van der Waals surface area contributed by atoms with E-state index in [0.29, 0.717) is 5.88 Å². The molecule has 0 N–H and O–H groups in total. The topological polar surface area (TPSA) is 9.23 Å². The van der Waals surface area contributed by atoms with Crippen LogP contribution >= 0.6 is 11.6 Å². The van der Waals surface area contributed by atoms with E-state index in [1.54, 1.807) is 7.11 Å². The summed E-state index contributed by atoms with van der Waals surface area (Å²) in [6.07, 6.45) is 0.986. The van der Waals surface area contributed by atoms with Gasteiger partial charge in [0.15, 0.2) is 0 Å². The highest BCUT2D eigenvalue weighted by atomic mass is 35.5. The zero-order valence-corrected chi connectivity index (χ0v) is 10.7. The molecule has 15 heavy (non-hydrogen) atoms. The van der Waals surface area contributed by atoms with Gasteiger partial charge in [0.2, 0.25) is 0 Å². The maximum Gasteiger partial charge on any atom is 0.121 e. The molecule has 0 unspecified atom stereocenters. The smallest absolute Gasteiger partial charge is 0.121 e. The molecule has 0 amide bonds. The van der Waals surface area contributed by atoms with Gasteiger partial charge in [-0.25, -0.2) is 0 Å². The van der Waals surface area contributed by atoms with Gasteiger partial charge in [0.05, 0.1) is 7.11 Å². The standard InChI is InChI=1S/C13H19ClO/c1-10-9-11(5-6-12(10)15-4)13(2,3)7-8-14/h5-6,9H,7-8H2,1-4H3. The third kappa shape index (κ3) is 2.88. The molecule has 0 saturated heterocycles. The van der Waals surface area contributed by atoms with E-state index in [4.69, 9.17) is 16.3 Å². The molecule has 0 bridgehead atoms. The van der Waals surface area contributed by atoms with Crippen LogP contribution in [0.5, 0.6) is 5.75 Å². The molecule has 0 atom stereocenters. The van der Waals surface area contributed by atoms with Crippen LogP contribution in [0, 0.1) is 6.92 Å². The Morgan fingerprint density at radius 1 is 1.33 bits per heavy atom. The maximum absolute atomic E-state index is 5.81. The Kier molecular flexibility index (Phi) is 4.04. The molecule has 0 aliphatic heterocycles. The summed E-state index contributed by atoms with van der Waals surface area (Å²) in [6, 6.07) is 6.34. The van der Waals surface area contributed by atoms with Crippen molar-refractivity contribution in [2.45, 2.75) is 32.6 Å². The predicted molar refractivity (Wildman–Crippen MR) is 66.1 cm³/mol. The first-order chi connectivity index (χ1) is 7.01. The predicted octanol–water partition coefficient (Wildman–Crippen LogP) is 3.91. The van der Waals surface area contributed by atoms with Crippen molar-refractivity contribution in [3.63, 3.8) is 0 Å². The van der Waals surface area contributed by atoms with Crippen LogP contribution in [0.25, 0.3) is 0 Å². The van der Waals surface area contributed by atoms with Gasteiger partial charge in [0, 0.05) is 5.88 Å². The molecule has 1 aromatic carbocycles. The third-order valence-corrected chi connectivity index (χ3v) is 3.08. The van der Waals surface area contributed by atoms with Gasteiger partial charge in [0.1, 0.15) is 5.75 Å². The second kappa shape index (κ2) is 4.89. The second-order valence-electron chi connectivity index (χ2n) is 4.51. The number of methoxy groups -OCH3 is 1. The quantitative estimate of drug-likeness (QED) is 0.708. The Morgan fingerprint density at radius 3 is 2.47 bits per heavy atom. The summed E-state index contributed by atoms with van der Waals surface area (Å²) in [6.45, 7) is 6.51. The molecule has 0 spiro atoms. The number of ether oxygens (including phenoxy) is 1. The Hall–Kier alpha value is -0.690. The van der Waals surface area contributed by atoms with Gasteiger partial charge in [-0.2, -0.15) is 0 Å². The van der Waals surface area contributed by atoms with E-state index in [9.17, 15) is 0 Å². The highest BCUT2D eigenvalue weighted by Gasteiger charge is 2.20. The van der Waals surface area contributed by atoms with E-state index >= 15 is 0 Å². The minimum Gasteiger partial charge on any atom is -0.496 e. The van der Waals surface area contributed by atoms with Crippen molar-refractivity contribution in [1.29, 1.82) is 0 Å². The number of aryl methyl sites for hydroxylation is 1. The fraction of sp³-hybridized carbons (Fsp3) is 0.538. The largest absolute Gasteiger partial charge is 0.496 e. The molecule has 0 aromatic heterocycles. The fourth-order valence-corrected chi connectivity index (χ4v) is 2.15. The van der Waals surface area contributed by atoms with Crippen LogP contribution in [0.15, 0.2) is 18.2 Å². The minimum atomic E-state index is 0.138. The lowest BCUT2D eigenvalue weighted by Crippen LogP contribution is -2.17. The Morgan fingerprint density at radius 2 is 2.00 bits per heavy atom. The first-order valence-electron chi connectivity index (χ1n) is 5.22. The van der Waals surface area contributed by atoms with Crippen molar-refractivity contribution in [2.75, 3.05) is 13.0 Å². The summed E-state index contributed by atoms with van der Waals surface area (Å²) in [5.41, 5.74) is 2.64.